The zero-order chi connectivity index (χ0) is 22.0. The topological polar surface area (TPSA) is 56.1 Å². The molecule has 31 heavy (non-hydrogen) atoms. The zero-order valence-electron chi connectivity index (χ0n) is 16.5. The molecule has 4 rings (SSSR count). The fourth-order valence-corrected chi connectivity index (χ4v) is 5.49. The second-order valence-corrected chi connectivity index (χ2v) is 10.2. The summed E-state index contributed by atoms with van der Waals surface area (Å²) in [6.07, 6.45) is 1.55. The minimum atomic E-state index is -3.87. The van der Waals surface area contributed by atoms with Gasteiger partial charge in [0.15, 0.2) is 15.6 Å². The highest BCUT2D eigenvalue weighted by Crippen LogP contribution is 2.28. The van der Waals surface area contributed by atoms with Gasteiger partial charge in [-0.1, -0.05) is 64.5 Å². The van der Waals surface area contributed by atoms with E-state index in [4.69, 9.17) is 0 Å². The first-order chi connectivity index (χ1) is 14.8. The van der Waals surface area contributed by atoms with Crippen molar-refractivity contribution in [1.29, 1.82) is 0 Å². The van der Waals surface area contributed by atoms with E-state index >= 15 is 0 Å². The number of fused-ring (bicyclic) bond motifs is 1. The maximum absolute atomic E-state index is 14.3. The van der Waals surface area contributed by atoms with E-state index in [0.29, 0.717) is 16.5 Å². The van der Waals surface area contributed by atoms with Crippen LogP contribution < -0.4 is 0 Å². The predicted molar refractivity (Wildman–Crippen MR) is 122 cm³/mol. The Kier molecular flexibility index (Phi) is 6.07. The highest BCUT2D eigenvalue weighted by atomic mass is 79.9. The molecular weight excluding hydrogens is 481 g/mol. The van der Waals surface area contributed by atoms with Gasteiger partial charge in [-0.2, -0.15) is 0 Å². The predicted octanol–water partition coefficient (Wildman–Crippen LogP) is 5.18. The number of hydrogen-bond acceptors (Lipinski definition) is 3. The first-order valence-electron chi connectivity index (χ1n) is 9.64. The van der Waals surface area contributed by atoms with Crippen LogP contribution in [-0.4, -0.2) is 24.5 Å². The van der Waals surface area contributed by atoms with Gasteiger partial charge in [0.2, 0.25) is 0 Å². The molecule has 0 N–H and O–H groups in total. The summed E-state index contributed by atoms with van der Waals surface area (Å²) in [4.78, 5) is 12.6. The lowest BCUT2D eigenvalue weighted by Crippen LogP contribution is -2.18. The number of sulfone groups is 1. The molecule has 1 heterocycles. The smallest absolute Gasteiger partial charge is 0.187 e. The monoisotopic (exact) mass is 499 g/mol. The fraction of sp³-hybridized carbons (Fsp3) is 0.125. The molecule has 3 aromatic carbocycles. The minimum Gasteiger partial charge on any atom is -0.342 e. The van der Waals surface area contributed by atoms with E-state index in [9.17, 15) is 17.6 Å². The molecule has 0 unspecified atom stereocenters. The normalized spacial score (nSPS) is 11.7. The number of rotatable bonds is 7. The highest BCUT2D eigenvalue weighted by Gasteiger charge is 2.24. The third kappa shape index (κ3) is 4.78. The van der Waals surface area contributed by atoms with Crippen LogP contribution in [0.2, 0.25) is 0 Å². The third-order valence-corrected chi connectivity index (χ3v) is 7.22. The number of carbonyl (C=O) groups excluding carboxylic acids is 1. The van der Waals surface area contributed by atoms with Crippen LogP contribution in [0.4, 0.5) is 4.39 Å². The second kappa shape index (κ2) is 8.77. The van der Waals surface area contributed by atoms with Gasteiger partial charge in [0.25, 0.3) is 0 Å². The Morgan fingerprint density at radius 3 is 2.45 bits per heavy atom. The highest BCUT2D eigenvalue weighted by molar-refractivity contribution is 9.10. The number of Topliss-reactive ketones (excluding diaryl/α,β-unsaturated/α-hetero) is 1. The Hall–Kier alpha value is -2.77. The van der Waals surface area contributed by atoms with Gasteiger partial charge in [0.05, 0.1) is 11.4 Å². The van der Waals surface area contributed by atoms with Crippen molar-refractivity contribution in [3.63, 3.8) is 0 Å². The molecule has 1 aromatic heterocycles. The maximum atomic E-state index is 14.3. The van der Waals surface area contributed by atoms with E-state index in [0.717, 1.165) is 10.0 Å². The molecule has 0 radical (unpaired) electrons. The number of benzene rings is 3. The Morgan fingerprint density at radius 1 is 0.968 bits per heavy atom. The van der Waals surface area contributed by atoms with Crippen LogP contribution in [0.3, 0.4) is 0 Å². The van der Waals surface area contributed by atoms with Gasteiger partial charge in [-0.05, 0) is 29.8 Å². The van der Waals surface area contributed by atoms with Gasteiger partial charge < -0.3 is 4.57 Å². The van der Waals surface area contributed by atoms with E-state index in [1.165, 1.54) is 12.3 Å². The summed E-state index contributed by atoms with van der Waals surface area (Å²) in [5.74, 6) is -1.33. The largest absolute Gasteiger partial charge is 0.342 e. The van der Waals surface area contributed by atoms with Gasteiger partial charge in [-0.25, -0.2) is 12.8 Å². The molecule has 4 nitrogen and oxygen atoms in total. The molecule has 0 aliphatic carbocycles. The van der Waals surface area contributed by atoms with Crippen LogP contribution in [0.15, 0.2) is 88.4 Å². The molecular formula is C24H19BrFNO3S. The summed E-state index contributed by atoms with van der Waals surface area (Å²) in [7, 11) is -3.87. The Morgan fingerprint density at radius 2 is 1.68 bits per heavy atom. The van der Waals surface area contributed by atoms with Crippen LogP contribution in [0, 0.1) is 5.82 Å². The molecule has 0 aliphatic heterocycles. The molecule has 7 heteroatoms. The van der Waals surface area contributed by atoms with Gasteiger partial charge in [0.1, 0.15) is 11.6 Å². The van der Waals surface area contributed by atoms with Crippen molar-refractivity contribution >= 4 is 42.5 Å². The van der Waals surface area contributed by atoms with Crippen molar-refractivity contribution in [1.82, 2.24) is 4.57 Å². The molecule has 0 saturated heterocycles. The van der Waals surface area contributed by atoms with E-state index in [2.05, 4.69) is 15.9 Å². The number of hydrogen-bond donors (Lipinski definition) is 0. The molecule has 0 fully saturated rings. The van der Waals surface area contributed by atoms with Crippen LogP contribution in [0.5, 0.6) is 0 Å². The minimum absolute atomic E-state index is 0.0575. The molecule has 0 spiro atoms. The number of ketones is 1. The Bertz CT molecular complexity index is 1360. The fourth-order valence-electron chi connectivity index (χ4n) is 3.60. The lowest BCUT2D eigenvalue weighted by molar-refractivity contribution is -0.116. The van der Waals surface area contributed by atoms with Crippen LogP contribution in [0.1, 0.15) is 11.1 Å². The first kappa shape index (κ1) is 21.5. The number of aromatic nitrogens is 1. The standard InChI is InChI=1S/C24H19BrFNO3S/c25-19-10-11-22(26)18(13-19)14-27-15-24(21-8-4-5-9-23(21)27)31(29,30)16-20(28)12-17-6-2-1-3-7-17/h1-11,13,15H,12,14,16H2. The molecule has 0 atom stereocenters. The maximum Gasteiger partial charge on any atom is 0.187 e. The van der Waals surface area contributed by atoms with Gasteiger partial charge in [0, 0.05) is 33.6 Å². The van der Waals surface area contributed by atoms with Crippen molar-refractivity contribution in [2.45, 2.75) is 17.9 Å². The van der Waals surface area contributed by atoms with Crippen LogP contribution >= 0.6 is 15.9 Å². The van der Waals surface area contributed by atoms with E-state index in [-0.39, 0.29) is 29.5 Å². The van der Waals surface area contributed by atoms with Crippen molar-refractivity contribution in [3.8, 4) is 0 Å². The molecule has 158 valence electrons. The van der Waals surface area contributed by atoms with Crippen molar-refractivity contribution in [2.75, 3.05) is 5.75 Å². The molecule has 0 amide bonds. The van der Waals surface area contributed by atoms with Gasteiger partial charge >= 0.3 is 0 Å². The Balaban J connectivity index is 1.67. The summed E-state index contributed by atoms with van der Waals surface area (Å²) in [5.41, 5.74) is 1.87. The van der Waals surface area contributed by atoms with E-state index < -0.39 is 15.6 Å². The second-order valence-electron chi connectivity index (χ2n) is 7.33. The van der Waals surface area contributed by atoms with Crippen LogP contribution in [-0.2, 0) is 27.6 Å². The number of carbonyl (C=O) groups is 1. The summed E-state index contributed by atoms with van der Waals surface area (Å²) in [5, 5.41) is 0.519. The zero-order valence-corrected chi connectivity index (χ0v) is 18.9. The lowest BCUT2D eigenvalue weighted by Gasteiger charge is -2.07. The summed E-state index contributed by atoms with van der Waals surface area (Å²) < 4.78 is 43.0. The average molecular weight is 500 g/mol. The van der Waals surface area contributed by atoms with E-state index in [1.807, 2.05) is 18.2 Å². The Labute approximate surface area is 188 Å². The molecule has 0 aliphatic rings. The molecule has 0 bridgehead atoms. The van der Waals surface area contributed by atoms with Crippen molar-refractivity contribution < 1.29 is 17.6 Å². The average Bonchev–Trinajstić information content (AvgIpc) is 3.11. The number of nitrogens with zero attached hydrogens (tertiary/aromatic N) is 1. The first-order valence-corrected chi connectivity index (χ1v) is 12.1. The summed E-state index contributed by atoms with van der Waals surface area (Å²) in [6.45, 7) is 0.166. The SMILES string of the molecule is O=C(Cc1ccccc1)CS(=O)(=O)c1cn(Cc2cc(Br)ccc2F)c2ccccc12. The van der Waals surface area contributed by atoms with E-state index in [1.54, 1.807) is 53.1 Å². The summed E-state index contributed by atoms with van der Waals surface area (Å²) >= 11 is 3.34. The third-order valence-electron chi connectivity index (χ3n) is 5.03. The van der Waals surface area contributed by atoms with Gasteiger partial charge in [-0.3, -0.25) is 4.79 Å². The summed E-state index contributed by atoms with van der Waals surface area (Å²) in [6, 6.07) is 20.7. The van der Waals surface area contributed by atoms with Crippen LogP contribution in [0.25, 0.3) is 10.9 Å². The molecule has 0 saturated carbocycles. The molecule has 4 aromatic rings. The van der Waals surface area contributed by atoms with Gasteiger partial charge in [-0.15, -0.1) is 0 Å². The number of halogens is 2. The van der Waals surface area contributed by atoms with Crippen molar-refractivity contribution in [2.24, 2.45) is 0 Å². The number of para-hydroxylation sites is 1. The van der Waals surface area contributed by atoms with Crippen molar-refractivity contribution in [3.05, 3.63) is 100 Å². The lowest BCUT2D eigenvalue weighted by atomic mass is 10.1. The quantitative estimate of drug-likeness (QED) is 0.352.